The lowest BCUT2D eigenvalue weighted by Crippen LogP contribution is -2.10. The molecule has 0 aromatic carbocycles. The van der Waals surface area contributed by atoms with Crippen LogP contribution in [0.25, 0.3) is 0 Å². The number of nitrogens with one attached hydrogen (secondary N) is 1. The van der Waals surface area contributed by atoms with E-state index in [4.69, 9.17) is 0 Å². The third kappa shape index (κ3) is 2.20. The maximum absolute atomic E-state index is 12.0. The molecule has 0 amide bonds. The van der Waals surface area contributed by atoms with Crippen molar-refractivity contribution in [1.29, 1.82) is 0 Å². The lowest BCUT2D eigenvalue weighted by Gasteiger charge is -2.03. The monoisotopic (exact) mass is 282 g/mol. The van der Waals surface area contributed by atoms with E-state index in [1.165, 1.54) is 0 Å². The van der Waals surface area contributed by atoms with E-state index >= 15 is 0 Å². The van der Waals surface area contributed by atoms with Gasteiger partial charge in [0.1, 0.15) is 4.60 Å². The van der Waals surface area contributed by atoms with Gasteiger partial charge in [-0.3, -0.25) is 0 Å². The third-order valence-electron chi connectivity index (χ3n) is 1.21. The van der Waals surface area contributed by atoms with Gasteiger partial charge >= 0.3 is 12.4 Å². The number of rotatable bonds is 0. The van der Waals surface area contributed by atoms with Crippen LogP contribution in [0.1, 0.15) is 11.5 Å². The van der Waals surface area contributed by atoms with Crippen molar-refractivity contribution in [2.24, 2.45) is 0 Å². The molecule has 0 unspecified atom stereocenters. The number of halogens is 7. The Labute approximate surface area is 81.5 Å². The van der Waals surface area contributed by atoms with Gasteiger partial charge in [0.15, 0.2) is 5.69 Å². The van der Waals surface area contributed by atoms with Gasteiger partial charge in [-0.15, -0.1) is 0 Å². The third-order valence-corrected chi connectivity index (χ3v) is 1.79. The molecule has 0 fully saturated rings. The average Bonchev–Trinajstić information content (AvgIpc) is 2.27. The van der Waals surface area contributed by atoms with Gasteiger partial charge in [0, 0.05) is 0 Å². The van der Waals surface area contributed by atoms with Gasteiger partial charge in [-0.05, 0) is 15.9 Å². The number of H-pyrrole nitrogens is 1. The minimum absolute atomic E-state index is 0.905. The van der Waals surface area contributed by atoms with E-state index in [2.05, 4.69) is 20.9 Å². The molecule has 0 aliphatic rings. The summed E-state index contributed by atoms with van der Waals surface area (Å²) >= 11 is 2.28. The molecule has 0 aliphatic heterocycles. The molecule has 9 heteroatoms. The molecule has 0 radical (unpaired) electrons. The molecular formula is C5HBrF6N2. The van der Waals surface area contributed by atoms with E-state index in [0.717, 1.165) is 4.98 Å². The predicted octanol–water partition coefficient (Wildman–Crippen LogP) is 3.21. The lowest BCUT2D eigenvalue weighted by atomic mass is 10.5. The fraction of sp³-hybridized carbons (Fsp3) is 0.400. The minimum Gasteiger partial charge on any atom is -0.330 e. The van der Waals surface area contributed by atoms with E-state index in [-0.39, 0.29) is 0 Å². The van der Waals surface area contributed by atoms with Crippen LogP contribution in [0.2, 0.25) is 0 Å². The number of alkyl halides is 6. The fourth-order valence-corrected chi connectivity index (χ4v) is 1.18. The van der Waals surface area contributed by atoms with Crippen LogP contribution < -0.4 is 0 Å². The molecule has 0 saturated heterocycles. The van der Waals surface area contributed by atoms with Gasteiger partial charge in [-0.2, -0.15) is 26.3 Å². The van der Waals surface area contributed by atoms with Crippen LogP contribution in [0, 0.1) is 0 Å². The minimum atomic E-state index is -4.92. The van der Waals surface area contributed by atoms with Crippen LogP contribution in [-0.2, 0) is 12.4 Å². The van der Waals surface area contributed by atoms with Crippen molar-refractivity contribution < 1.29 is 26.3 Å². The normalized spacial score (nSPS) is 13.4. The number of nitrogens with zero attached hydrogens (tertiary/aromatic N) is 1. The van der Waals surface area contributed by atoms with Crippen molar-refractivity contribution >= 4 is 15.9 Å². The quantitative estimate of drug-likeness (QED) is 0.728. The van der Waals surface area contributed by atoms with Crippen molar-refractivity contribution in [1.82, 2.24) is 9.97 Å². The number of imidazole rings is 1. The van der Waals surface area contributed by atoms with E-state index < -0.39 is 28.5 Å². The number of aromatic amines is 1. The van der Waals surface area contributed by atoms with Crippen molar-refractivity contribution in [2.45, 2.75) is 12.4 Å². The molecule has 2 nitrogen and oxygen atoms in total. The summed E-state index contributed by atoms with van der Waals surface area (Å²) in [5.74, 6) is -1.68. The Hall–Kier alpha value is -0.730. The van der Waals surface area contributed by atoms with Gasteiger partial charge in [0.05, 0.1) is 0 Å². The molecule has 0 saturated carbocycles. The van der Waals surface area contributed by atoms with Crippen LogP contribution in [0.5, 0.6) is 0 Å². The van der Waals surface area contributed by atoms with Crippen molar-refractivity contribution in [3.8, 4) is 0 Å². The summed E-state index contributed by atoms with van der Waals surface area (Å²) in [6.07, 6.45) is -9.82. The molecule has 1 aromatic rings. The molecule has 0 bridgehead atoms. The molecule has 14 heavy (non-hydrogen) atoms. The average molecular weight is 283 g/mol. The first kappa shape index (κ1) is 11.3. The Morgan fingerprint density at radius 3 is 1.71 bits per heavy atom. The van der Waals surface area contributed by atoms with Gasteiger partial charge in [-0.25, -0.2) is 4.98 Å². The highest BCUT2D eigenvalue weighted by molar-refractivity contribution is 9.10. The largest absolute Gasteiger partial charge is 0.449 e. The van der Waals surface area contributed by atoms with Crippen molar-refractivity contribution in [3.05, 3.63) is 16.1 Å². The Balaban J connectivity index is 3.19. The molecule has 0 atom stereocenters. The standard InChI is InChI=1S/C5HBrF6N2/c6-2-1(4(7,8)9)13-3(14-2)5(10,11)12/h(H,13,14). The van der Waals surface area contributed by atoms with Crippen LogP contribution in [0.4, 0.5) is 26.3 Å². The van der Waals surface area contributed by atoms with Crippen molar-refractivity contribution in [3.63, 3.8) is 0 Å². The van der Waals surface area contributed by atoms with Crippen LogP contribution in [0.3, 0.4) is 0 Å². The topological polar surface area (TPSA) is 28.7 Å². The molecule has 1 aromatic heterocycles. The zero-order chi connectivity index (χ0) is 11.1. The summed E-state index contributed by atoms with van der Waals surface area (Å²) < 4.78 is 70.7. The zero-order valence-electron chi connectivity index (χ0n) is 6.09. The second kappa shape index (κ2) is 3.14. The second-order valence-electron chi connectivity index (χ2n) is 2.25. The van der Waals surface area contributed by atoms with E-state index in [9.17, 15) is 26.3 Å². The predicted molar refractivity (Wildman–Crippen MR) is 36.3 cm³/mol. The number of aromatic nitrogens is 2. The number of hydrogen-bond donors (Lipinski definition) is 1. The summed E-state index contributed by atoms with van der Waals surface area (Å²) in [5, 5.41) is 0. The van der Waals surface area contributed by atoms with Gasteiger partial charge < -0.3 is 4.98 Å². The smallest absolute Gasteiger partial charge is 0.330 e. The van der Waals surface area contributed by atoms with Gasteiger partial charge in [0.2, 0.25) is 5.82 Å². The highest BCUT2D eigenvalue weighted by Gasteiger charge is 2.42. The molecule has 1 heterocycles. The molecule has 1 rings (SSSR count). The first-order chi connectivity index (χ1) is 6.12. The lowest BCUT2D eigenvalue weighted by molar-refractivity contribution is -0.149. The second-order valence-corrected chi connectivity index (χ2v) is 3.00. The summed E-state index contributed by atoms with van der Waals surface area (Å²) in [4.78, 5) is 3.82. The van der Waals surface area contributed by atoms with Crippen molar-refractivity contribution in [2.75, 3.05) is 0 Å². The van der Waals surface area contributed by atoms with E-state index in [1.54, 1.807) is 0 Å². The molecule has 80 valence electrons. The molecular weight excluding hydrogens is 282 g/mol. The first-order valence-corrected chi connectivity index (χ1v) is 3.81. The Bertz CT molecular complexity index is 337. The van der Waals surface area contributed by atoms with Crippen LogP contribution >= 0.6 is 15.9 Å². The highest BCUT2D eigenvalue weighted by Crippen LogP contribution is 2.36. The van der Waals surface area contributed by atoms with Crippen LogP contribution in [-0.4, -0.2) is 9.97 Å². The molecule has 1 N–H and O–H groups in total. The first-order valence-electron chi connectivity index (χ1n) is 3.02. The van der Waals surface area contributed by atoms with Gasteiger partial charge in [-0.1, -0.05) is 0 Å². The zero-order valence-corrected chi connectivity index (χ0v) is 7.68. The summed E-state index contributed by atoms with van der Waals surface area (Å²) in [7, 11) is 0. The van der Waals surface area contributed by atoms with E-state index in [0.29, 0.717) is 0 Å². The Morgan fingerprint density at radius 1 is 1.00 bits per heavy atom. The maximum Gasteiger partial charge on any atom is 0.449 e. The van der Waals surface area contributed by atoms with E-state index in [1.807, 2.05) is 0 Å². The highest BCUT2D eigenvalue weighted by atomic mass is 79.9. The fourth-order valence-electron chi connectivity index (χ4n) is 0.674. The summed E-state index contributed by atoms with van der Waals surface area (Å²) in [6.45, 7) is 0. The summed E-state index contributed by atoms with van der Waals surface area (Å²) in [5.41, 5.74) is -1.55. The molecule has 0 spiro atoms. The Morgan fingerprint density at radius 2 is 1.50 bits per heavy atom. The Kier molecular flexibility index (Phi) is 2.55. The van der Waals surface area contributed by atoms with Gasteiger partial charge in [0.25, 0.3) is 0 Å². The maximum atomic E-state index is 12.0. The SMILES string of the molecule is FC(F)(F)c1nc(Br)c(C(F)(F)F)[nH]1. The number of hydrogen-bond acceptors (Lipinski definition) is 1. The summed E-state index contributed by atoms with van der Waals surface area (Å²) in [6, 6.07) is 0. The molecule has 0 aliphatic carbocycles. The van der Waals surface area contributed by atoms with Crippen LogP contribution in [0.15, 0.2) is 4.60 Å².